The Balaban J connectivity index is 1.43. The van der Waals surface area contributed by atoms with Crippen LogP contribution < -0.4 is 5.32 Å². The lowest BCUT2D eigenvalue weighted by Crippen LogP contribution is -2.32. The molecule has 1 aliphatic rings. The van der Waals surface area contributed by atoms with Crippen LogP contribution in [0.4, 0.5) is 0 Å². The number of benzene rings is 1. The average molecular weight is 332 g/mol. The van der Waals surface area contributed by atoms with Gasteiger partial charge in [0.1, 0.15) is 5.82 Å². The van der Waals surface area contributed by atoms with Crippen molar-refractivity contribution in [3.05, 3.63) is 84.2 Å². The standard InChI is InChI=1S/C21H24N4/c1-2-5-16(6-3-1)13-17-8-9-19(14-17)25-20(21-23-11-12-24-21)18-7-4-10-22-15-18/h1-7,10-12,15,17,19-20,25H,8-9,13-14H2,(H,23,24)/t17-,19+,20-/m0/s1. The van der Waals surface area contributed by atoms with Crippen LogP contribution in [-0.2, 0) is 6.42 Å². The van der Waals surface area contributed by atoms with Crippen molar-refractivity contribution in [3.63, 3.8) is 0 Å². The lowest BCUT2D eigenvalue weighted by Gasteiger charge is -2.22. The predicted molar refractivity (Wildman–Crippen MR) is 99.1 cm³/mol. The van der Waals surface area contributed by atoms with Gasteiger partial charge in [0, 0.05) is 30.8 Å². The molecular formula is C21H24N4. The van der Waals surface area contributed by atoms with Crippen LogP contribution in [0.1, 0.15) is 42.3 Å². The van der Waals surface area contributed by atoms with Crippen molar-refractivity contribution in [1.82, 2.24) is 20.3 Å². The number of pyridine rings is 1. The molecular weight excluding hydrogens is 308 g/mol. The Hall–Kier alpha value is -2.46. The van der Waals surface area contributed by atoms with Gasteiger partial charge < -0.3 is 10.3 Å². The number of aromatic amines is 1. The number of aromatic nitrogens is 3. The summed E-state index contributed by atoms with van der Waals surface area (Å²) in [4.78, 5) is 12.0. The molecule has 25 heavy (non-hydrogen) atoms. The van der Waals surface area contributed by atoms with Crippen molar-refractivity contribution in [3.8, 4) is 0 Å². The summed E-state index contributed by atoms with van der Waals surface area (Å²) in [6.07, 6.45) is 12.3. The molecule has 0 bridgehead atoms. The molecule has 3 atom stereocenters. The van der Waals surface area contributed by atoms with Crippen LogP contribution in [0.15, 0.2) is 67.3 Å². The summed E-state index contributed by atoms with van der Waals surface area (Å²) in [6.45, 7) is 0. The van der Waals surface area contributed by atoms with Crippen LogP contribution in [0.3, 0.4) is 0 Å². The normalized spacial score (nSPS) is 21.3. The van der Waals surface area contributed by atoms with Crippen molar-refractivity contribution in [2.24, 2.45) is 5.92 Å². The van der Waals surface area contributed by atoms with E-state index in [1.165, 1.54) is 31.2 Å². The first-order chi connectivity index (χ1) is 12.4. The molecule has 4 nitrogen and oxygen atoms in total. The van der Waals surface area contributed by atoms with Crippen LogP contribution in [0.5, 0.6) is 0 Å². The van der Waals surface area contributed by atoms with Crippen molar-refractivity contribution in [1.29, 1.82) is 0 Å². The SMILES string of the molecule is c1ccc(C[C@@H]2CC[C@@H](N[C@@H](c3cccnc3)c3ncc[nH]3)C2)cc1. The molecule has 0 amide bonds. The molecule has 1 aliphatic carbocycles. The molecule has 3 aromatic rings. The first kappa shape index (κ1) is 16.0. The predicted octanol–water partition coefficient (Wildman–Crippen LogP) is 3.90. The molecule has 2 aromatic heterocycles. The Labute approximate surface area is 148 Å². The fraction of sp³-hybridized carbons (Fsp3) is 0.333. The monoisotopic (exact) mass is 332 g/mol. The molecule has 1 fully saturated rings. The van der Waals surface area contributed by atoms with Gasteiger partial charge >= 0.3 is 0 Å². The summed E-state index contributed by atoms with van der Waals surface area (Å²) in [7, 11) is 0. The van der Waals surface area contributed by atoms with E-state index in [2.05, 4.69) is 56.7 Å². The highest BCUT2D eigenvalue weighted by molar-refractivity contribution is 5.22. The highest BCUT2D eigenvalue weighted by Gasteiger charge is 2.28. The molecule has 0 radical (unpaired) electrons. The van der Waals surface area contributed by atoms with Gasteiger partial charge in [-0.05, 0) is 48.8 Å². The molecule has 2 N–H and O–H groups in total. The molecule has 4 rings (SSSR count). The summed E-state index contributed by atoms with van der Waals surface area (Å²) < 4.78 is 0. The first-order valence-electron chi connectivity index (χ1n) is 9.07. The van der Waals surface area contributed by atoms with E-state index in [-0.39, 0.29) is 6.04 Å². The molecule has 2 heterocycles. The summed E-state index contributed by atoms with van der Waals surface area (Å²) in [5, 5.41) is 3.82. The van der Waals surface area contributed by atoms with E-state index in [0.29, 0.717) is 6.04 Å². The summed E-state index contributed by atoms with van der Waals surface area (Å²) >= 11 is 0. The summed E-state index contributed by atoms with van der Waals surface area (Å²) in [5.74, 6) is 1.71. The van der Waals surface area contributed by atoms with Crippen LogP contribution in [0, 0.1) is 5.92 Å². The Morgan fingerprint density at radius 2 is 2.00 bits per heavy atom. The van der Waals surface area contributed by atoms with E-state index in [4.69, 9.17) is 0 Å². The molecule has 1 aromatic carbocycles. The van der Waals surface area contributed by atoms with E-state index >= 15 is 0 Å². The molecule has 4 heteroatoms. The average Bonchev–Trinajstić information content (AvgIpc) is 3.33. The second kappa shape index (κ2) is 7.62. The van der Waals surface area contributed by atoms with Gasteiger partial charge in [0.25, 0.3) is 0 Å². The van der Waals surface area contributed by atoms with Gasteiger partial charge in [-0.25, -0.2) is 4.98 Å². The molecule has 0 aliphatic heterocycles. The highest BCUT2D eigenvalue weighted by atomic mass is 15.0. The number of nitrogens with one attached hydrogen (secondary N) is 2. The van der Waals surface area contributed by atoms with Crippen LogP contribution in [0.2, 0.25) is 0 Å². The lowest BCUT2D eigenvalue weighted by atomic mass is 9.97. The van der Waals surface area contributed by atoms with Crippen molar-refractivity contribution < 1.29 is 0 Å². The van der Waals surface area contributed by atoms with E-state index in [9.17, 15) is 0 Å². The summed E-state index contributed by atoms with van der Waals surface area (Å²) in [6, 6.07) is 15.5. The number of nitrogens with zero attached hydrogens (tertiary/aromatic N) is 2. The third-order valence-electron chi connectivity index (χ3n) is 5.12. The molecule has 0 spiro atoms. The minimum absolute atomic E-state index is 0.0733. The molecule has 128 valence electrons. The van der Waals surface area contributed by atoms with E-state index in [1.54, 1.807) is 0 Å². The zero-order valence-electron chi connectivity index (χ0n) is 14.3. The quantitative estimate of drug-likeness (QED) is 0.720. The van der Waals surface area contributed by atoms with E-state index < -0.39 is 0 Å². The number of imidazole rings is 1. The number of rotatable bonds is 6. The smallest absolute Gasteiger partial charge is 0.127 e. The second-order valence-electron chi connectivity index (χ2n) is 6.93. The fourth-order valence-corrected chi connectivity index (χ4v) is 3.91. The van der Waals surface area contributed by atoms with Crippen LogP contribution in [0.25, 0.3) is 0 Å². The van der Waals surface area contributed by atoms with E-state index in [0.717, 1.165) is 17.3 Å². The largest absolute Gasteiger partial charge is 0.347 e. The van der Waals surface area contributed by atoms with Gasteiger partial charge in [-0.15, -0.1) is 0 Å². The highest BCUT2D eigenvalue weighted by Crippen LogP contribution is 2.31. The number of hydrogen-bond acceptors (Lipinski definition) is 3. The number of H-pyrrole nitrogens is 1. The van der Waals surface area contributed by atoms with Gasteiger partial charge in [-0.2, -0.15) is 0 Å². The Morgan fingerprint density at radius 1 is 1.08 bits per heavy atom. The van der Waals surface area contributed by atoms with Crippen LogP contribution >= 0.6 is 0 Å². The first-order valence-corrected chi connectivity index (χ1v) is 9.07. The zero-order chi connectivity index (χ0) is 16.9. The second-order valence-corrected chi connectivity index (χ2v) is 6.93. The van der Waals surface area contributed by atoms with Gasteiger partial charge in [0.2, 0.25) is 0 Å². The van der Waals surface area contributed by atoms with Crippen molar-refractivity contribution >= 4 is 0 Å². The minimum Gasteiger partial charge on any atom is -0.347 e. The van der Waals surface area contributed by atoms with Crippen molar-refractivity contribution in [2.75, 3.05) is 0 Å². The van der Waals surface area contributed by atoms with Gasteiger partial charge in [0.05, 0.1) is 6.04 Å². The Morgan fingerprint density at radius 3 is 2.76 bits per heavy atom. The maximum atomic E-state index is 4.48. The third kappa shape index (κ3) is 3.97. The van der Waals surface area contributed by atoms with Crippen molar-refractivity contribution in [2.45, 2.75) is 37.8 Å². The molecule has 0 unspecified atom stereocenters. The lowest BCUT2D eigenvalue weighted by molar-refractivity contribution is 0.445. The third-order valence-corrected chi connectivity index (χ3v) is 5.12. The van der Waals surface area contributed by atoms with Gasteiger partial charge in [0.15, 0.2) is 0 Å². The minimum atomic E-state index is 0.0733. The summed E-state index contributed by atoms with van der Waals surface area (Å²) in [5.41, 5.74) is 2.60. The Kier molecular flexibility index (Phi) is 4.89. The Bertz CT molecular complexity index is 755. The maximum absolute atomic E-state index is 4.48. The van der Waals surface area contributed by atoms with Gasteiger partial charge in [-0.1, -0.05) is 36.4 Å². The van der Waals surface area contributed by atoms with Crippen LogP contribution in [-0.4, -0.2) is 21.0 Å². The molecule has 1 saturated carbocycles. The van der Waals surface area contributed by atoms with Gasteiger partial charge in [-0.3, -0.25) is 4.98 Å². The van der Waals surface area contributed by atoms with E-state index in [1.807, 2.05) is 30.9 Å². The molecule has 0 saturated heterocycles. The maximum Gasteiger partial charge on any atom is 0.127 e. The fourth-order valence-electron chi connectivity index (χ4n) is 3.91. The topological polar surface area (TPSA) is 53.6 Å². The number of hydrogen-bond donors (Lipinski definition) is 2. The zero-order valence-corrected chi connectivity index (χ0v) is 14.3.